The van der Waals surface area contributed by atoms with Gasteiger partial charge in [0.2, 0.25) is 5.95 Å². The molecule has 0 bridgehead atoms. The molecule has 4 rings (SSSR count). The molecular formula is C26H18BrN5O4. The van der Waals surface area contributed by atoms with Gasteiger partial charge in [0.05, 0.1) is 24.6 Å². The Balaban J connectivity index is 1.56. The number of aromatic amines is 1. The first-order chi connectivity index (χ1) is 17.5. The smallest absolute Gasteiger partial charge is 0.343 e. The summed E-state index contributed by atoms with van der Waals surface area (Å²) < 4.78 is 11.4. The molecule has 0 saturated heterocycles. The predicted octanol–water partition coefficient (Wildman–Crippen LogP) is 4.74. The summed E-state index contributed by atoms with van der Waals surface area (Å²) in [6.07, 6.45) is 1.47. The first kappa shape index (κ1) is 24.4. The van der Waals surface area contributed by atoms with Crippen molar-refractivity contribution in [1.82, 2.24) is 9.97 Å². The van der Waals surface area contributed by atoms with Crippen molar-refractivity contribution in [2.24, 2.45) is 5.10 Å². The summed E-state index contributed by atoms with van der Waals surface area (Å²) in [5, 5.41) is 13.5. The first-order valence-electron chi connectivity index (χ1n) is 10.5. The number of benzene rings is 3. The van der Waals surface area contributed by atoms with E-state index in [4.69, 9.17) is 9.47 Å². The van der Waals surface area contributed by atoms with Crippen LogP contribution in [0.25, 0.3) is 11.3 Å². The number of carbonyl (C=O) groups excluding carboxylic acids is 1. The molecule has 0 amide bonds. The Bertz CT molecular complexity index is 1530. The van der Waals surface area contributed by atoms with E-state index >= 15 is 0 Å². The first-order valence-corrected chi connectivity index (χ1v) is 11.3. The van der Waals surface area contributed by atoms with Crippen LogP contribution in [-0.2, 0) is 0 Å². The van der Waals surface area contributed by atoms with Crippen molar-refractivity contribution in [3.8, 4) is 28.8 Å². The molecule has 0 aliphatic heterocycles. The zero-order valence-electron chi connectivity index (χ0n) is 18.9. The van der Waals surface area contributed by atoms with Crippen LogP contribution in [0.3, 0.4) is 0 Å². The fourth-order valence-electron chi connectivity index (χ4n) is 3.22. The van der Waals surface area contributed by atoms with E-state index in [1.54, 1.807) is 60.7 Å². The Morgan fingerprint density at radius 2 is 1.81 bits per heavy atom. The van der Waals surface area contributed by atoms with E-state index in [-0.39, 0.29) is 23.0 Å². The lowest BCUT2D eigenvalue weighted by molar-refractivity contribution is 0.0729. The highest BCUT2D eigenvalue weighted by molar-refractivity contribution is 9.10. The van der Waals surface area contributed by atoms with Gasteiger partial charge in [0.15, 0.2) is 11.5 Å². The van der Waals surface area contributed by atoms with Gasteiger partial charge in [-0.25, -0.2) is 15.2 Å². The van der Waals surface area contributed by atoms with Crippen molar-refractivity contribution >= 4 is 34.1 Å². The van der Waals surface area contributed by atoms with Crippen LogP contribution >= 0.6 is 15.9 Å². The highest BCUT2D eigenvalue weighted by Crippen LogP contribution is 2.33. The summed E-state index contributed by atoms with van der Waals surface area (Å²) in [6, 6.07) is 22.6. The molecule has 2 N–H and O–H groups in total. The topological polar surface area (TPSA) is 129 Å². The molecule has 9 nitrogen and oxygen atoms in total. The third kappa shape index (κ3) is 5.48. The van der Waals surface area contributed by atoms with Crippen LogP contribution in [0, 0.1) is 11.3 Å². The van der Waals surface area contributed by atoms with Gasteiger partial charge in [-0.3, -0.25) is 9.78 Å². The number of H-pyrrole nitrogens is 1. The Morgan fingerprint density at radius 3 is 2.47 bits per heavy atom. The number of methoxy groups -OCH3 is 1. The Morgan fingerprint density at radius 1 is 1.11 bits per heavy atom. The average molecular weight is 544 g/mol. The maximum Gasteiger partial charge on any atom is 0.343 e. The Hall–Kier alpha value is -4.75. The van der Waals surface area contributed by atoms with Crippen molar-refractivity contribution in [1.29, 1.82) is 5.26 Å². The average Bonchev–Trinajstić information content (AvgIpc) is 2.90. The maximum atomic E-state index is 12.4. The number of halogens is 1. The van der Waals surface area contributed by atoms with Crippen molar-refractivity contribution in [2.75, 3.05) is 12.5 Å². The molecule has 0 radical (unpaired) electrons. The second-order valence-electron chi connectivity index (χ2n) is 7.27. The van der Waals surface area contributed by atoms with E-state index in [2.05, 4.69) is 36.4 Å². The Kier molecular flexibility index (Phi) is 7.53. The number of nitrogens with one attached hydrogen (secondary N) is 2. The molecule has 0 aliphatic rings. The molecule has 10 heteroatoms. The van der Waals surface area contributed by atoms with E-state index in [0.29, 0.717) is 26.9 Å². The maximum absolute atomic E-state index is 12.4. The van der Waals surface area contributed by atoms with Crippen molar-refractivity contribution in [3.63, 3.8) is 0 Å². The van der Waals surface area contributed by atoms with Crippen LogP contribution in [0.4, 0.5) is 5.95 Å². The van der Waals surface area contributed by atoms with Gasteiger partial charge in [-0.1, -0.05) is 48.5 Å². The SMILES string of the molecule is COc1cc(C=NNc2nc(-c3ccccc3)c(C#N)c(=O)[nH]2)c(Br)cc1OC(=O)c1ccccc1. The molecule has 0 atom stereocenters. The standard InChI is InChI=1S/C26H18BrN5O4/c1-35-21-12-18(20(27)13-22(21)36-25(34)17-10-6-3-7-11-17)15-29-32-26-30-23(16-8-4-2-5-9-16)19(14-28)24(33)31-26/h2-13,15H,1H3,(H2,30,31,32,33). The van der Waals surface area contributed by atoms with Gasteiger partial charge in [-0.15, -0.1) is 0 Å². The summed E-state index contributed by atoms with van der Waals surface area (Å²) in [5.41, 5.74) is 3.86. The van der Waals surface area contributed by atoms with Gasteiger partial charge in [-0.05, 0) is 40.2 Å². The van der Waals surface area contributed by atoms with Crippen molar-refractivity contribution in [3.05, 3.63) is 104 Å². The van der Waals surface area contributed by atoms with Crippen LogP contribution in [0.5, 0.6) is 11.5 Å². The normalized spacial score (nSPS) is 10.6. The van der Waals surface area contributed by atoms with Gasteiger partial charge in [0.25, 0.3) is 5.56 Å². The summed E-state index contributed by atoms with van der Waals surface area (Å²) >= 11 is 3.44. The van der Waals surface area contributed by atoms with Gasteiger partial charge in [0.1, 0.15) is 11.6 Å². The summed E-state index contributed by atoms with van der Waals surface area (Å²) in [7, 11) is 1.46. The van der Waals surface area contributed by atoms with Crippen molar-refractivity contribution in [2.45, 2.75) is 0 Å². The van der Waals surface area contributed by atoms with Crippen LogP contribution in [0.2, 0.25) is 0 Å². The van der Waals surface area contributed by atoms with E-state index < -0.39 is 11.5 Å². The lowest BCUT2D eigenvalue weighted by Crippen LogP contribution is -2.16. The number of carbonyl (C=O) groups is 1. The fraction of sp³-hybridized carbons (Fsp3) is 0.0385. The van der Waals surface area contributed by atoms with E-state index in [0.717, 1.165) is 0 Å². The van der Waals surface area contributed by atoms with Crippen LogP contribution in [-0.4, -0.2) is 29.3 Å². The van der Waals surface area contributed by atoms with Gasteiger partial charge in [0, 0.05) is 15.6 Å². The number of esters is 1. The highest BCUT2D eigenvalue weighted by atomic mass is 79.9. The molecule has 0 saturated carbocycles. The minimum atomic E-state index is -0.587. The molecule has 3 aromatic carbocycles. The number of hydrogen-bond donors (Lipinski definition) is 2. The number of nitriles is 1. The summed E-state index contributed by atoms with van der Waals surface area (Å²) in [4.78, 5) is 31.7. The largest absolute Gasteiger partial charge is 0.493 e. The third-order valence-corrected chi connectivity index (χ3v) is 5.63. The molecular weight excluding hydrogens is 526 g/mol. The number of nitrogens with zero attached hydrogens (tertiary/aromatic N) is 3. The predicted molar refractivity (Wildman–Crippen MR) is 138 cm³/mol. The van der Waals surface area contributed by atoms with E-state index in [9.17, 15) is 14.9 Å². The fourth-order valence-corrected chi connectivity index (χ4v) is 3.64. The van der Waals surface area contributed by atoms with Crippen molar-refractivity contribution < 1.29 is 14.3 Å². The number of hydrogen-bond acceptors (Lipinski definition) is 8. The molecule has 1 heterocycles. The molecule has 0 fully saturated rings. The van der Waals surface area contributed by atoms with Crippen LogP contribution in [0.15, 0.2) is 87.2 Å². The number of ether oxygens (including phenoxy) is 2. The second-order valence-corrected chi connectivity index (χ2v) is 8.12. The molecule has 36 heavy (non-hydrogen) atoms. The monoisotopic (exact) mass is 543 g/mol. The quantitative estimate of drug-likeness (QED) is 0.149. The third-order valence-electron chi connectivity index (χ3n) is 4.95. The van der Waals surface area contributed by atoms with Crippen LogP contribution in [0.1, 0.15) is 21.5 Å². The molecule has 0 unspecified atom stereocenters. The number of aromatic nitrogens is 2. The minimum absolute atomic E-state index is 0.0607. The lowest BCUT2D eigenvalue weighted by atomic mass is 10.1. The second kappa shape index (κ2) is 11.1. The van der Waals surface area contributed by atoms with E-state index in [1.165, 1.54) is 13.3 Å². The molecule has 0 aliphatic carbocycles. The minimum Gasteiger partial charge on any atom is -0.493 e. The number of rotatable bonds is 7. The van der Waals surface area contributed by atoms with Gasteiger partial charge in [-0.2, -0.15) is 10.4 Å². The van der Waals surface area contributed by atoms with Crippen LogP contribution < -0.4 is 20.5 Å². The molecule has 178 valence electrons. The Labute approximate surface area is 214 Å². The molecule has 0 spiro atoms. The zero-order valence-corrected chi connectivity index (χ0v) is 20.4. The van der Waals surface area contributed by atoms with E-state index in [1.807, 2.05) is 18.2 Å². The molecule has 1 aromatic heterocycles. The zero-order chi connectivity index (χ0) is 25.5. The summed E-state index contributed by atoms with van der Waals surface area (Å²) in [5.74, 6) is 0.0914. The highest BCUT2D eigenvalue weighted by Gasteiger charge is 2.15. The number of anilines is 1. The van der Waals surface area contributed by atoms with Gasteiger partial charge < -0.3 is 9.47 Å². The molecule has 4 aromatic rings. The number of hydrazone groups is 1. The lowest BCUT2D eigenvalue weighted by Gasteiger charge is -2.11. The summed E-state index contributed by atoms with van der Waals surface area (Å²) in [6.45, 7) is 0. The van der Waals surface area contributed by atoms with Gasteiger partial charge >= 0.3 is 5.97 Å².